The Morgan fingerprint density at radius 1 is 0.953 bits per heavy atom. The number of rotatable bonds is 15. The molecule has 9 nitrogen and oxygen atoms in total. The lowest BCUT2D eigenvalue weighted by molar-refractivity contribution is 0.0596. The molecular formula is C34H51N3O6. The fourth-order valence-corrected chi connectivity index (χ4v) is 5.63. The molecule has 2 unspecified atom stereocenters. The zero-order valence-corrected chi connectivity index (χ0v) is 27.9. The largest absolute Gasteiger partial charge is 0.493 e. The summed E-state index contributed by atoms with van der Waals surface area (Å²) < 4.78 is 21.9. The molecule has 0 spiro atoms. The summed E-state index contributed by atoms with van der Waals surface area (Å²) in [4.78, 5) is 17.6. The van der Waals surface area contributed by atoms with E-state index in [-0.39, 0.29) is 23.8 Å². The molecule has 2 atom stereocenters. The highest BCUT2D eigenvalue weighted by molar-refractivity contribution is 5.97. The number of methoxy groups -OCH3 is 4. The standard InChI is InChI=1S/C34H51N3O6/c1-12-37(33(4,5)6)32(39)27-19-31(43-11)29(41-9)17-24(27)15-16-36(7)21-26(38)20-34(22-35,23(2)3)25-13-14-28(40-8)30(18-25)42-10/h13-14,17-19,23,26,38H,12,15-16,20-21H2,1-11H3. The maximum atomic E-state index is 13.7. The van der Waals surface area contributed by atoms with Gasteiger partial charge in [-0.1, -0.05) is 19.9 Å². The summed E-state index contributed by atoms with van der Waals surface area (Å²) in [6.45, 7) is 13.5. The molecule has 0 bridgehead atoms. The highest BCUT2D eigenvalue weighted by atomic mass is 16.5. The Morgan fingerprint density at radius 2 is 1.51 bits per heavy atom. The zero-order chi connectivity index (χ0) is 32.5. The predicted octanol–water partition coefficient (Wildman–Crippen LogP) is 5.32. The van der Waals surface area contributed by atoms with Gasteiger partial charge < -0.3 is 33.9 Å². The molecule has 0 aliphatic rings. The Kier molecular flexibility index (Phi) is 12.7. The molecule has 2 rings (SSSR count). The van der Waals surface area contributed by atoms with E-state index in [2.05, 4.69) is 6.07 Å². The third kappa shape index (κ3) is 8.33. The summed E-state index contributed by atoms with van der Waals surface area (Å²) in [6, 6.07) is 11.6. The summed E-state index contributed by atoms with van der Waals surface area (Å²) in [5, 5.41) is 21.7. The molecule has 0 aromatic heterocycles. The molecule has 0 saturated carbocycles. The van der Waals surface area contributed by atoms with Crippen molar-refractivity contribution in [3.8, 4) is 29.1 Å². The van der Waals surface area contributed by atoms with Gasteiger partial charge in [-0.2, -0.15) is 5.26 Å². The van der Waals surface area contributed by atoms with Gasteiger partial charge in [0.25, 0.3) is 5.91 Å². The summed E-state index contributed by atoms with van der Waals surface area (Å²) in [6.07, 6.45) is 0.0244. The van der Waals surface area contributed by atoms with Crippen LogP contribution >= 0.6 is 0 Å². The fraction of sp³-hybridized carbons (Fsp3) is 0.588. The van der Waals surface area contributed by atoms with Crippen LogP contribution in [-0.2, 0) is 11.8 Å². The van der Waals surface area contributed by atoms with E-state index in [4.69, 9.17) is 18.9 Å². The summed E-state index contributed by atoms with van der Waals surface area (Å²) in [7, 11) is 8.20. The van der Waals surface area contributed by atoms with Crippen LogP contribution in [0.5, 0.6) is 23.0 Å². The third-order valence-corrected chi connectivity index (χ3v) is 8.14. The molecule has 0 aliphatic carbocycles. The number of aliphatic hydroxyl groups excluding tert-OH is 1. The average molecular weight is 598 g/mol. The van der Waals surface area contributed by atoms with Crippen molar-refractivity contribution in [1.29, 1.82) is 5.26 Å². The van der Waals surface area contributed by atoms with Crippen molar-refractivity contribution in [1.82, 2.24) is 9.80 Å². The molecule has 0 fully saturated rings. The number of amides is 1. The number of aliphatic hydroxyl groups is 1. The first-order valence-electron chi connectivity index (χ1n) is 14.8. The summed E-state index contributed by atoms with van der Waals surface area (Å²) in [5.41, 5.74) is 0.900. The second-order valence-electron chi connectivity index (χ2n) is 12.3. The molecular weight excluding hydrogens is 546 g/mol. The Hall–Kier alpha value is -3.48. The lowest BCUT2D eigenvalue weighted by Crippen LogP contribution is -2.45. The summed E-state index contributed by atoms with van der Waals surface area (Å²) in [5.74, 6) is 2.04. The van der Waals surface area contributed by atoms with Crippen LogP contribution in [0.2, 0.25) is 0 Å². The minimum atomic E-state index is -0.931. The van der Waals surface area contributed by atoms with Gasteiger partial charge in [0.15, 0.2) is 23.0 Å². The maximum Gasteiger partial charge on any atom is 0.254 e. The smallest absolute Gasteiger partial charge is 0.254 e. The van der Waals surface area contributed by atoms with E-state index in [1.54, 1.807) is 40.6 Å². The first kappa shape index (κ1) is 35.7. The molecule has 0 radical (unpaired) electrons. The monoisotopic (exact) mass is 597 g/mol. The molecule has 0 aliphatic heterocycles. The van der Waals surface area contributed by atoms with Crippen LogP contribution in [0.3, 0.4) is 0 Å². The lowest BCUT2D eigenvalue weighted by atomic mass is 9.69. The van der Waals surface area contributed by atoms with Crippen molar-refractivity contribution >= 4 is 5.91 Å². The van der Waals surface area contributed by atoms with Crippen molar-refractivity contribution in [2.45, 2.75) is 71.4 Å². The molecule has 0 heterocycles. The first-order chi connectivity index (χ1) is 20.2. The SMILES string of the molecule is CCN(C(=O)c1cc(OC)c(OC)cc1CCN(C)CC(O)CC(C#N)(c1ccc(OC)c(OC)c1)C(C)C)C(C)(C)C. The molecule has 43 heavy (non-hydrogen) atoms. The molecule has 238 valence electrons. The second kappa shape index (κ2) is 15.3. The minimum Gasteiger partial charge on any atom is -0.493 e. The van der Waals surface area contributed by atoms with Crippen LogP contribution < -0.4 is 18.9 Å². The quantitative estimate of drug-likeness (QED) is 0.294. The number of nitriles is 1. The Bertz CT molecular complexity index is 1270. The van der Waals surface area contributed by atoms with Crippen LogP contribution in [0, 0.1) is 17.2 Å². The first-order valence-corrected chi connectivity index (χ1v) is 14.8. The van der Waals surface area contributed by atoms with Crippen molar-refractivity contribution in [2.24, 2.45) is 5.92 Å². The van der Waals surface area contributed by atoms with Gasteiger partial charge in [-0.15, -0.1) is 0 Å². The fourth-order valence-electron chi connectivity index (χ4n) is 5.63. The topological polar surface area (TPSA) is 104 Å². The maximum absolute atomic E-state index is 13.7. The Labute approximate surface area is 258 Å². The molecule has 9 heteroatoms. The number of benzene rings is 2. The molecule has 2 aromatic rings. The van der Waals surface area contributed by atoms with Gasteiger partial charge in [0.1, 0.15) is 0 Å². The third-order valence-electron chi connectivity index (χ3n) is 8.14. The van der Waals surface area contributed by atoms with Crippen molar-refractivity contribution < 1.29 is 28.8 Å². The zero-order valence-electron chi connectivity index (χ0n) is 27.9. The molecule has 2 aromatic carbocycles. The highest BCUT2D eigenvalue weighted by Gasteiger charge is 2.39. The van der Waals surface area contributed by atoms with E-state index < -0.39 is 11.5 Å². The Balaban J connectivity index is 2.30. The summed E-state index contributed by atoms with van der Waals surface area (Å²) >= 11 is 0. The van der Waals surface area contributed by atoms with Crippen LogP contribution in [0.25, 0.3) is 0 Å². The number of hydrogen-bond acceptors (Lipinski definition) is 8. The predicted molar refractivity (Wildman–Crippen MR) is 170 cm³/mol. The second-order valence-corrected chi connectivity index (χ2v) is 12.3. The van der Waals surface area contributed by atoms with Gasteiger partial charge in [0, 0.05) is 30.7 Å². The number of carbonyl (C=O) groups excluding carboxylic acids is 1. The lowest BCUT2D eigenvalue weighted by Gasteiger charge is -2.35. The normalized spacial score (nSPS) is 13.7. The molecule has 1 amide bonds. The number of likely N-dealkylation sites (N-methyl/N-ethyl adjacent to an activating group) is 1. The van der Waals surface area contributed by atoms with Crippen molar-refractivity contribution in [3.05, 3.63) is 47.0 Å². The van der Waals surface area contributed by atoms with E-state index in [9.17, 15) is 15.2 Å². The van der Waals surface area contributed by atoms with Crippen LogP contribution in [0.1, 0.15) is 69.4 Å². The van der Waals surface area contributed by atoms with Crippen LogP contribution in [0.15, 0.2) is 30.3 Å². The van der Waals surface area contributed by atoms with Gasteiger partial charge >= 0.3 is 0 Å². The number of nitrogens with zero attached hydrogens (tertiary/aromatic N) is 3. The average Bonchev–Trinajstić information content (AvgIpc) is 2.97. The van der Waals surface area contributed by atoms with Gasteiger partial charge in [0.05, 0.1) is 46.0 Å². The van der Waals surface area contributed by atoms with Crippen LogP contribution in [0.4, 0.5) is 0 Å². The van der Waals surface area contributed by atoms with E-state index >= 15 is 0 Å². The van der Waals surface area contributed by atoms with Gasteiger partial charge in [0.2, 0.25) is 0 Å². The van der Waals surface area contributed by atoms with E-state index in [0.717, 1.165) is 11.1 Å². The van der Waals surface area contributed by atoms with Gasteiger partial charge in [-0.3, -0.25) is 4.79 Å². The van der Waals surface area contributed by atoms with Crippen molar-refractivity contribution in [3.63, 3.8) is 0 Å². The van der Waals surface area contributed by atoms with Gasteiger partial charge in [-0.05, 0) is 88.9 Å². The highest BCUT2D eigenvalue weighted by Crippen LogP contribution is 2.40. The van der Waals surface area contributed by atoms with Crippen molar-refractivity contribution in [2.75, 3.05) is 55.1 Å². The number of hydrogen-bond donors (Lipinski definition) is 1. The van der Waals surface area contributed by atoms with E-state index in [1.807, 2.05) is 76.6 Å². The van der Waals surface area contributed by atoms with Crippen LogP contribution in [-0.4, -0.2) is 87.6 Å². The van der Waals surface area contributed by atoms with E-state index in [0.29, 0.717) is 54.6 Å². The molecule has 0 saturated heterocycles. The van der Waals surface area contributed by atoms with E-state index in [1.165, 1.54) is 0 Å². The van der Waals surface area contributed by atoms with Gasteiger partial charge in [-0.25, -0.2) is 0 Å². The number of ether oxygens (including phenoxy) is 4. The Morgan fingerprint density at radius 3 is 2.00 bits per heavy atom. The number of carbonyl (C=O) groups is 1. The molecule has 1 N–H and O–H groups in total. The minimum absolute atomic E-state index is 0.0692.